The molecule has 20 heavy (non-hydrogen) atoms. The van der Waals surface area contributed by atoms with E-state index in [9.17, 15) is 4.79 Å². The standard InChI is InChI=1S/C15H24N2O2S/c1-11-8-14(17-19-11)10-20-12(2)15(18)16-9-13-6-4-3-5-7-13/h8,12-13H,3-7,9-10H2,1-2H3,(H,16,18). The van der Waals surface area contributed by atoms with Crippen LogP contribution in [0, 0.1) is 12.8 Å². The van der Waals surface area contributed by atoms with Crippen LogP contribution in [0.3, 0.4) is 0 Å². The van der Waals surface area contributed by atoms with Gasteiger partial charge in [-0.05, 0) is 32.6 Å². The minimum absolute atomic E-state index is 0.0457. The number of nitrogens with zero attached hydrogens (tertiary/aromatic N) is 1. The van der Waals surface area contributed by atoms with Gasteiger partial charge in [0.15, 0.2) is 0 Å². The van der Waals surface area contributed by atoms with Crippen molar-refractivity contribution >= 4 is 17.7 Å². The molecule has 5 heteroatoms. The van der Waals surface area contributed by atoms with Crippen molar-refractivity contribution in [3.63, 3.8) is 0 Å². The van der Waals surface area contributed by atoms with Gasteiger partial charge in [0.25, 0.3) is 0 Å². The third kappa shape index (κ3) is 4.85. The number of carbonyl (C=O) groups excluding carboxylic acids is 1. The van der Waals surface area contributed by atoms with Crippen LogP contribution in [0.15, 0.2) is 10.6 Å². The zero-order chi connectivity index (χ0) is 14.4. The van der Waals surface area contributed by atoms with E-state index >= 15 is 0 Å². The fourth-order valence-corrected chi connectivity index (χ4v) is 3.34. The van der Waals surface area contributed by atoms with Gasteiger partial charge in [0.2, 0.25) is 5.91 Å². The molecule has 2 rings (SSSR count). The maximum Gasteiger partial charge on any atom is 0.232 e. The molecule has 1 heterocycles. The Balaban J connectivity index is 1.66. The highest BCUT2D eigenvalue weighted by Crippen LogP contribution is 2.23. The monoisotopic (exact) mass is 296 g/mol. The number of nitrogens with one attached hydrogen (secondary N) is 1. The highest BCUT2D eigenvalue weighted by molar-refractivity contribution is 7.99. The Bertz CT molecular complexity index is 427. The molecule has 0 radical (unpaired) electrons. The molecule has 1 atom stereocenters. The molecule has 1 amide bonds. The molecule has 1 fully saturated rings. The fraction of sp³-hybridized carbons (Fsp3) is 0.733. The van der Waals surface area contributed by atoms with Crippen molar-refractivity contribution in [2.45, 2.75) is 57.0 Å². The van der Waals surface area contributed by atoms with Gasteiger partial charge in [0.1, 0.15) is 5.76 Å². The summed E-state index contributed by atoms with van der Waals surface area (Å²) in [6.07, 6.45) is 6.51. The lowest BCUT2D eigenvalue weighted by Gasteiger charge is -2.22. The van der Waals surface area contributed by atoms with E-state index < -0.39 is 0 Å². The molecular formula is C15H24N2O2S. The Hall–Kier alpha value is -0.970. The third-order valence-electron chi connectivity index (χ3n) is 3.82. The number of thioether (sulfide) groups is 1. The summed E-state index contributed by atoms with van der Waals surface area (Å²) in [4.78, 5) is 12.0. The maximum atomic E-state index is 12.0. The average molecular weight is 296 g/mol. The average Bonchev–Trinajstić information content (AvgIpc) is 2.89. The van der Waals surface area contributed by atoms with E-state index in [-0.39, 0.29) is 11.2 Å². The maximum absolute atomic E-state index is 12.0. The van der Waals surface area contributed by atoms with E-state index in [1.807, 2.05) is 19.9 Å². The zero-order valence-corrected chi connectivity index (χ0v) is 13.2. The van der Waals surface area contributed by atoms with E-state index in [2.05, 4.69) is 10.5 Å². The van der Waals surface area contributed by atoms with Crippen molar-refractivity contribution in [2.75, 3.05) is 6.54 Å². The lowest BCUT2D eigenvalue weighted by Crippen LogP contribution is -2.35. The van der Waals surface area contributed by atoms with E-state index in [0.717, 1.165) is 23.8 Å². The lowest BCUT2D eigenvalue weighted by atomic mass is 9.89. The quantitative estimate of drug-likeness (QED) is 0.875. The van der Waals surface area contributed by atoms with Gasteiger partial charge in [-0.25, -0.2) is 0 Å². The zero-order valence-electron chi connectivity index (χ0n) is 12.4. The summed E-state index contributed by atoms with van der Waals surface area (Å²) in [5, 5.41) is 6.98. The van der Waals surface area contributed by atoms with Crippen molar-refractivity contribution in [3.05, 3.63) is 17.5 Å². The molecule has 0 aliphatic heterocycles. The van der Waals surface area contributed by atoms with Crippen molar-refractivity contribution < 1.29 is 9.32 Å². The summed E-state index contributed by atoms with van der Waals surface area (Å²) in [5.74, 6) is 2.36. The molecule has 1 unspecified atom stereocenters. The molecule has 4 nitrogen and oxygen atoms in total. The van der Waals surface area contributed by atoms with Crippen LogP contribution < -0.4 is 5.32 Å². The van der Waals surface area contributed by atoms with Crippen LogP contribution in [0.2, 0.25) is 0 Å². The molecule has 0 spiro atoms. The summed E-state index contributed by atoms with van der Waals surface area (Å²) in [7, 11) is 0. The molecule has 1 aliphatic carbocycles. The van der Waals surface area contributed by atoms with E-state index in [4.69, 9.17) is 4.52 Å². The van der Waals surface area contributed by atoms with Crippen LogP contribution in [0.5, 0.6) is 0 Å². The van der Waals surface area contributed by atoms with Gasteiger partial charge in [-0.2, -0.15) is 0 Å². The Morgan fingerprint density at radius 1 is 1.50 bits per heavy atom. The second kappa shape index (κ2) is 7.72. The minimum atomic E-state index is -0.0457. The highest BCUT2D eigenvalue weighted by Gasteiger charge is 2.18. The van der Waals surface area contributed by atoms with Crippen LogP contribution in [-0.2, 0) is 10.5 Å². The number of hydrogen-bond acceptors (Lipinski definition) is 4. The summed E-state index contributed by atoms with van der Waals surface area (Å²) in [5.41, 5.74) is 0.902. The fourth-order valence-electron chi connectivity index (χ4n) is 2.55. The molecule has 0 bridgehead atoms. The van der Waals surface area contributed by atoms with E-state index in [1.165, 1.54) is 32.1 Å². The predicted octanol–water partition coefficient (Wildman–Crippen LogP) is 3.30. The first-order valence-electron chi connectivity index (χ1n) is 7.46. The number of amides is 1. The molecule has 1 N–H and O–H groups in total. The van der Waals surface area contributed by atoms with Gasteiger partial charge in [0.05, 0.1) is 10.9 Å². The first-order valence-corrected chi connectivity index (χ1v) is 8.51. The Kier molecular flexibility index (Phi) is 5.95. The minimum Gasteiger partial charge on any atom is -0.361 e. The third-order valence-corrected chi connectivity index (χ3v) is 4.99. The topological polar surface area (TPSA) is 55.1 Å². The van der Waals surface area contributed by atoms with Gasteiger partial charge < -0.3 is 9.84 Å². The number of aromatic nitrogens is 1. The van der Waals surface area contributed by atoms with Crippen LogP contribution in [0.25, 0.3) is 0 Å². The Morgan fingerprint density at radius 2 is 2.25 bits per heavy atom. The van der Waals surface area contributed by atoms with Crippen LogP contribution in [0.4, 0.5) is 0 Å². The molecule has 1 aromatic heterocycles. The van der Waals surface area contributed by atoms with Crippen LogP contribution in [0.1, 0.15) is 50.5 Å². The van der Waals surface area contributed by atoms with Crippen LogP contribution >= 0.6 is 11.8 Å². The molecule has 1 aliphatic rings. The van der Waals surface area contributed by atoms with Crippen molar-refractivity contribution in [1.82, 2.24) is 10.5 Å². The first-order chi connectivity index (χ1) is 9.65. The van der Waals surface area contributed by atoms with E-state index in [1.54, 1.807) is 11.8 Å². The van der Waals surface area contributed by atoms with Crippen molar-refractivity contribution in [1.29, 1.82) is 0 Å². The first kappa shape index (κ1) is 15.4. The second-order valence-electron chi connectivity index (χ2n) is 5.63. The number of rotatable bonds is 6. The smallest absolute Gasteiger partial charge is 0.232 e. The SMILES string of the molecule is Cc1cc(CSC(C)C(=O)NCC2CCCCC2)no1. The summed E-state index contributed by atoms with van der Waals surface area (Å²) in [6, 6.07) is 1.92. The van der Waals surface area contributed by atoms with Gasteiger partial charge in [-0.3, -0.25) is 4.79 Å². The van der Waals surface area contributed by atoms with Gasteiger partial charge in [-0.1, -0.05) is 24.4 Å². The Labute approximate surface area is 125 Å². The Morgan fingerprint density at radius 3 is 2.90 bits per heavy atom. The van der Waals surface area contributed by atoms with E-state index in [0.29, 0.717) is 5.92 Å². The second-order valence-corrected chi connectivity index (χ2v) is 6.96. The van der Waals surface area contributed by atoms with Gasteiger partial charge >= 0.3 is 0 Å². The number of aryl methyl sites for hydroxylation is 1. The van der Waals surface area contributed by atoms with Crippen molar-refractivity contribution in [3.8, 4) is 0 Å². The lowest BCUT2D eigenvalue weighted by molar-refractivity contribution is -0.120. The summed E-state index contributed by atoms with van der Waals surface area (Å²) in [6.45, 7) is 4.67. The van der Waals surface area contributed by atoms with Gasteiger partial charge in [0, 0.05) is 18.4 Å². The molecule has 0 aromatic carbocycles. The normalized spacial score (nSPS) is 17.9. The number of hydrogen-bond donors (Lipinski definition) is 1. The molecule has 0 saturated heterocycles. The summed E-state index contributed by atoms with van der Waals surface area (Å²) < 4.78 is 5.02. The summed E-state index contributed by atoms with van der Waals surface area (Å²) >= 11 is 1.60. The van der Waals surface area contributed by atoms with Crippen LogP contribution in [-0.4, -0.2) is 22.9 Å². The predicted molar refractivity (Wildman–Crippen MR) is 81.6 cm³/mol. The highest BCUT2D eigenvalue weighted by atomic mass is 32.2. The van der Waals surface area contributed by atoms with Crippen molar-refractivity contribution in [2.24, 2.45) is 5.92 Å². The molecular weight excluding hydrogens is 272 g/mol. The molecule has 1 saturated carbocycles. The largest absolute Gasteiger partial charge is 0.361 e. The molecule has 1 aromatic rings. The molecule has 112 valence electrons. The van der Waals surface area contributed by atoms with Gasteiger partial charge in [-0.15, -0.1) is 11.8 Å². The number of carbonyl (C=O) groups is 1.